The zero-order chi connectivity index (χ0) is 13.0. The molecule has 2 heteroatoms. The van der Waals surface area contributed by atoms with E-state index in [1.165, 1.54) is 48.8 Å². The van der Waals surface area contributed by atoms with Crippen LogP contribution in [0, 0.1) is 19.8 Å². The maximum absolute atomic E-state index is 5.76. The molecule has 0 amide bonds. The van der Waals surface area contributed by atoms with E-state index in [1.54, 1.807) is 0 Å². The third kappa shape index (κ3) is 3.33. The molecule has 18 heavy (non-hydrogen) atoms. The number of hydrogen-bond donors (Lipinski definition) is 2. The van der Waals surface area contributed by atoms with Crippen LogP contribution in [0.2, 0.25) is 0 Å². The normalized spacial score (nSPS) is 18.2. The summed E-state index contributed by atoms with van der Waals surface area (Å²) in [7, 11) is 0. The van der Waals surface area contributed by atoms with Crippen molar-refractivity contribution in [2.24, 2.45) is 11.8 Å². The van der Waals surface area contributed by atoms with Gasteiger partial charge in [-0.2, -0.15) is 0 Å². The number of aryl methyl sites for hydroxylation is 2. The summed E-state index contributed by atoms with van der Waals surface area (Å²) in [5.41, 5.74) is 7.04. The lowest BCUT2D eigenvalue weighted by Crippen LogP contribution is -2.29. The number of rotatable bonds is 5. The average molecular weight is 246 g/mol. The standard InChI is InChI=1S/C16H26N2/c1-12-7-8-13(2)15(11-12)16(18-17)10-9-14-5-3-4-6-14/h7-8,11,14,16,18H,3-6,9-10,17H2,1-2H3. The predicted octanol–water partition coefficient (Wildman–Crippen LogP) is 3.78. The van der Waals surface area contributed by atoms with Crippen molar-refractivity contribution in [3.63, 3.8) is 0 Å². The van der Waals surface area contributed by atoms with E-state index in [2.05, 4.69) is 37.5 Å². The molecule has 1 atom stereocenters. The Bertz CT molecular complexity index is 381. The summed E-state index contributed by atoms with van der Waals surface area (Å²) in [6, 6.07) is 6.95. The molecule has 0 spiro atoms. The van der Waals surface area contributed by atoms with Crippen LogP contribution in [0.5, 0.6) is 0 Å². The molecule has 1 aromatic carbocycles. The molecule has 0 saturated heterocycles. The van der Waals surface area contributed by atoms with Crippen molar-refractivity contribution in [1.82, 2.24) is 5.43 Å². The van der Waals surface area contributed by atoms with Crippen molar-refractivity contribution in [3.8, 4) is 0 Å². The van der Waals surface area contributed by atoms with Crippen LogP contribution in [0.1, 0.15) is 61.3 Å². The Kier molecular flexibility index (Phi) is 4.79. The summed E-state index contributed by atoms with van der Waals surface area (Å²) in [5, 5.41) is 0. The van der Waals surface area contributed by atoms with Gasteiger partial charge in [-0.1, -0.05) is 49.4 Å². The molecule has 2 rings (SSSR count). The second-order valence-corrected chi connectivity index (χ2v) is 5.81. The van der Waals surface area contributed by atoms with Crippen LogP contribution in [-0.2, 0) is 0 Å². The summed E-state index contributed by atoms with van der Waals surface area (Å²) >= 11 is 0. The van der Waals surface area contributed by atoms with Crippen molar-refractivity contribution in [3.05, 3.63) is 34.9 Å². The van der Waals surface area contributed by atoms with Crippen molar-refractivity contribution in [2.75, 3.05) is 0 Å². The van der Waals surface area contributed by atoms with Gasteiger partial charge >= 0.3 is 0 Å². The first-order chi connectivity index (χ1) is 8.70. The molecule has 0 aliphatic heterocycles. The Labute approximate surface area is 111 Å². The van der Waals surface area contributed by atoms with E-state index < -0.39 is 0 Å². The molecule has 0 aromatic heterocycles. The van der Waals surface area contributed by atoms with E-state index in [-0.39, 0.29) is 0 Å². The first-order valence-corrected chi connectivity index (χ1v) is 7.24. The topological polar surface area (TPSA) is 38.0 Å². The minimum atomic E-state index is 0.311. The van der Waals surface area contributed by atoms with Crippen LogP contribution in [-0.4, -0.2) is 0 Å². The first kappa shape index (κ1) is 13.6. The van der Waals surface area contributed by atoms with Crippen molar-refractivity contribution >= 4 is 0 Å². The van der Waals surface area contributed by atoms with Crippen LogP contribution in [0.4, 0.5) is 0 Å². The zero-order valence-electron chi connectivity index (χ0n) is 11.7. The second kappa shape index (κ2) is 6.35. The number of benzene rings is 1. The van der Waals surface area contributed by atoms with Gasteiger partial charge in [0.2, 0.25) is 0 Å². The van der Waals surface area contributed by atoms with Gasteiger partial charge in [0.05, 0.1) is 0 Å². The highest BCUT2D eigenvalue weighted by atomic mass is 15.2. The fourth-order valence-corrected chi connectivity index (χ4v) is 3.17. The molecule has 0 radical (unpaired) electrons. The van der Waals surface area contributed by atoms with Gasteiger partial charge in [0, 0.05) is 6.04 Å². The van der Waals surface area contributed by atoms with E-state index in [0.29, 0.717) is 6.04 Å². The fraction of sp³-hybridized carbons (Fsp3) is 0.625. The number of nitrogens with one attached hydrogen (secondary N) is 1. The number of hydrazine groups is 1. The summed E-state index contributed by atoms with van der Waals surface area (Å²) in [4.78, 5) is 0. The van der Waals surface area contributed by atoms with Crippen LogP contribution >= 0.6 is 0 Å². The Balaban J connectivity index is 2.00. The summed E-state index contributed by atoms with van der Waals surface area (Å²) in [6.07, 6.45) is 8.16. The van der Waals surface area contributed by atoms with E-state index in [4.69, 9.17) is 5.84 Å². The molecule has 0 bridgehead atoms. The summed E-state index contributed by atoms with van der Waals surface area (Å²) in [6.45, 7) is 4.32. The van der Waals surface area contributed by atoms with Crippen LogP contribution < -0.4 is 11.3 Å². The highest BCUT2D eigenvalue weighted by Gasteiger charge is 2.18. The molecule has 1 fully saturated rings. The Morgan fingerprint density at radius 2 is 2.00 bits per heavy atom. The molecule has 1 unspecified atom stereocenters. The van der Waals surface area contributed by atoms with Crippen molar-refractivity contribution in [1.29, 1.82) is 0 Å². The van der Waals surface area contributed by atoms with E-state index in [9.17, 15) is 0 Å². The third-order valence-electron chi connectivity index (χ3n) is 4.35. The minimum Gasteiger partial charge on any atom is -0.271 e. The number of nitrogens with two attached hydrogens (primary N) is 1. The van der Waals surface area contributed by atoms with Gasteiger partial charge in [0.1, 0.15) is 0 Å². The SMILES string of the molecule is Cc1ccc(C)c(C(CCC2CCCC2)NN)c1. The van der Waals surface area contributed by atoms with Crippen molar-refractivity contribution in [2.45, 2.75) is 58.4 Å². The smallest absolute Gasteiger partial charge is 0.0462 e. The lowest BCUT2D eigenvalue weighted by molar-refractivity contribution is 0.415. The maximum atomic E-state index is 5.76. The molecular formula is C16H26N2. The van der Waals surface area contributed by atoms with Gasteiger partial charge in [-0.25, -0.2) is 0 Å². The molecule has 1 aliphatic rings. The molecular weight excluding hydrogens is 220 g/mol. The molecule has 1 aliphatic carbocycles. The third-order valence-corrected chi connectivity index (χ3v) is 4.35. The highest BCUT2D eigenvalue weighted by molar-refractivity contribution is 5.32. The average Bonchev–Trinajstić information content (AvgIpc) is 2.87. The fourth-order valence-electron chi connectivity index (χ4n) is 3.17. The Hall–Kier alpha value is -0.860. The Morgan fingerprint density at radius 1 is 1.28 bits per heavy atom. The van der Waals surface area contributed by atoms with Gasteiger partial charge in [0.25, 0.3) is 0 Å². The molecule has 2 nitrogen and oxygen atoms in total. The minimum absolute atomic E-state index is 0.311. The monoisotopic (exact) mass is 246 g/mol. The summed E-state index contributed by atoms with van der Waals surface area (Å²) < 4.78 is 0. The lowest BCUT2D eigenvalue weighted by atomic mass is 9.92. The second-order valence-electron chi connectivity index (χ2n) is 5.81. The quantitative estimate of drug-likeness (QED) is 0.613. The van der Waals surface area contributed by atoms with Crippen molar-refractivity contribution < 1.29 is 0 Å². The van der Waals surface area contributed by atoms with Crippen LogP contribution in [0.3, 0.4) is 0 Å². The predicted molar refractivity (Wildman–Crippen MR) is 77.2 cm³/mol. The van der Waals surface area contributed by atoms with Gasteiger partial charge in [-0.05, 0) is 43.7 Å². The molecule has 100 valence electrons. The molecule has 1 aromatic rings. The van der Waals surface area contributed by atoms with Crippen LogP contribution in [0.15, 0.2) is 18.2 Å². The largest absolute Gasteiger partial charge is 0.271 e. The van der Waals surface area contributed by atoms with E-state index >= 15 is 0 Å². The van der Waals surface area contributed by atoms with E-state index in [1.807, 2.05) is 0 Å². The molecule has 1 saturated carbocycles. The molecule has 0 heterocycles. The highest BCUT2D eigenvalue weighted by Crippen LogP contribution is 2.32. The van der Waals surface area contributed by atoms with Gasteiger partial charge in [-0.15, -0.1) is 0 Å². The van der Waals surface area contributed by atoms with Gasteiger partial charge in [0.15, 0.2) is 0 Å². The Morgan fingerprint density at radius 3 is 2.67 bits per heavy atom. The maximum Gasteiger partial charge on any atom is 0.0462 e. The number of hydrogen-bond acceptors (Lipinski definition) is 2. The van der Waals surface area contributed by atoms with Gasteiger partial charge in [-0.3, -0.25) is 11.3 Å². The van der Waals surface area contributed by atoms with Crippen LogP contribution in [0.25, 0.3) is 0 Å². The van der Waals surface area contributed by atoms with E-state index in [0.717, 1.165) is 12.3 Å². The lowest BCUT2D eigenvalue weighted by Gasteiger charge is -2.21. The summed E-state index contributed by atoms with van der Waals surface area (Å²) in [5.74, 6) is 6.69. The van der Waals surface area contributed by atoms with Gasteiger partial charge < -0.3 is 0 Å². The zero-order valence-corrected chi connectivity index (χ0v) is 11.7. The first-order valence-electron chi connectivity index (χ1n) is 7.24. The molecule has 3 N–H and O–H groups in total.